The lowest BCUT2D eigenvalue weighted by Crippen LogP contribution is -2.09. The van der Waals surface area contributed by atoms with E-state index in [1.54, 1.807) is 31.4 Å². The minimum atomic E-state index is -0.306. The number of benzene rings is 1. The normalized spacial score (nSPS) is 11.1. The molecule has 0 spiro atoms. The fourth-order valence-electron chi connectivity index (χ4n) is 2.16. The topological polar surface area (TPSA) is 64.9 Å². The molecular weight excluding hydrogens is 350 g/mol. The highest BCUT2D eigenvalue weighted by atomic mass is 35.5. The third-order valence-electron chi connectivity index (χ3n) is 3.31. The number of carbonyl (C=O) groups excluding carboxylic acids is 1. The molecule has 1 aromatic carbocycles. The van der Waals surface area contributed by atoms with Gasteiger partial charge in [-0.2, -0.15) is 0 Å². The van der Waals surface area contributed by atoms with Crippen LogP contribution in [0.15, 0.2) is 35.9 Å². The number of carbonyl (C=O) groups is 1. The molecule has 8 heteroatoms. The summed E-state index contributed by atoms with van der Waals surface area (Å²) in [5, 5.41) is 5.02. The number of hydrogen-bond donors (Lipinski definition) is 1. The quantitative estimate of drug-likeness (QED) is 0.702. The summed E-state index contributed by atoms with van der Waals surface area (Å²) in [5.41, 5.74) is 1.21. The van der Waals surface area contributed by atoms with Crippen molar-refractivity contribution < 1.29 is 14.3 Å². The maximum absolute atomic E-state index is 12.2. The number of halogens is 1. The Hall–Kier alpha value is -2.51. The van der Waals surface area contributed by atoms with E-state index in [1.807, 2.05) is 16.0 Å². The summed E-state index contributed by atoms with van der Waals surface area (Å²) in [6.45, 7) is 0. The first-order chi connectivity index (χ1) is 11.6. The van der Waals surface area contributed by atoms with E-state index in [2.05, 4.69) is 10.3 Å². The van der Waals surface area contributed by atoms with Crippen LogP contribution in [0.4, 0.5) is 5.69 Å². The first-order valence-electron chi connectivity index (χ1n) is 6.94. The molecule has 0 unspecified atom stereocenters. The number of rotatable bonds is 5. The van der Waals surface area contributed by atoms with Crippen molar-refractivity contribution in [2.24, 2.45) is 0 Å². The molecule has 0 aliphatic heterocycles. The van der Waals surface area contributed by atoms with Crippen molar-refractivity contribution in [1.29, 1.82) is 0 Å². The van der Waals surface area contributed by atoms with Crippen LogP contribution in [0, 0.1) is 0 Å². The third kappa shape index (κ3) is 3.22. The average Bonchev–Trinajstić information content (AvgIpc) is 3.14. The zero-order valence-corrected chi connectivity index (χ0v) is 14.5. The van der Waals surface area contributed by atoms with Gasteiger partial charge in [0.05, 0.1) is 25.6 Å². The summed E-state index contributed by atoms with van der Waals surface area (Å²) < 4.78 is 12.2. The van der Waals surface area contributed by atoms with Crippen molar-refractivity contribution in [1.82, 2.24) is 9.38 Å². The highest BCUT2D eigenvalue weighted by Gasteiger charge is 2.10. The van der Waals surface area contributed by atoms with Crippen molar-refractivity contribution >= 4 is 45.6 Å². The van der Waals surface area contributed by atoms with Gasteiger partial charge in [-0.05, 0) is 18.2 Å². The van der Waals surface area contributed by atoms with E-state index < -0.39 is 0 Å². The summed E-state index contributed by atoms with van der Waals surface area (Å²) >= 11 is 7.56. The van der Waals surface area contributed by atoms with Crippen molar-refractivity contribution in [2.45, 2.75) is 0 Å². The van der Waals surface area contributed by atoms with Crippen molar-refractivity contribution in [3.05, 3.63) is 46.7 Å². The Balaban J connectivity index is 1.78. The van der Waals surface area contributed by atoms with Crippen molar-refractivity contribution in [2.75, 3.05) is 19.5 Å². The number of amides is 1. The molecule has 24 heavy (non-hydrogen) atoms. The lowest BCUT2D eigenvalue weighted by atomic mass is 10.2. The fourth-order valence-corrected chi connectivity index (χ4v) is 3.16. The molecule has 0 atom stereocenters. The summed E-state index contributed by atoms with van der Waals surface area (Å²) in [6, 6.07) is 5.15. The fraction of sp³-hybridized carbons (Fsp3) is 0.125. The Kier molecular flexibility index (Phi) is 4.73. The summed E-state index contributed by atoms with van der Waals surface area (Å²) in [7, 11) is 3.09. The molecule has 2 aromatic heterocycles. The van der Waals surface area contributed by atoms with E-state index in [0.717, 1.165) is 4.96 Å². The van der Waals surface area contributed by atoms with Crippen LogP contribution >= 0.6 is 22.9 Å². The molecule has 0 aliphatic rings. The van der Waals surface area contributed by atoms with Gasteiger partial charge in [-0.3, -0.25) is 9.20 Å². The molecule has 0 radical (unpaired) electrons. The van der Waals surface area contributed by atoms with Crippen LogP contribution in [0.1, 0.15) is 5.69 Å². The van der Waals surface area contributed by atoms with Gasteiger partial charge in [0, 0.05) is 23.7 Å². The number of nitrogens with zero attached hydrogens (tertiary/aromatic N) is 2. The Morgan fingerprint density at radius 1 is 1.38 bits per heavy atom. The number of thiazole rings is 1. The minimum Gasteiger partial charge on any atom is -0.497 e. The van der Waals surface area contributed by atoms with Crippen LogP contribution in [0.5, 0.6) is 11.5 Å². The summed E-state index contributed by atoms with van der Waals surface area (Å²) in [6.07, 6.45) is 4.88. The van der Waals surface area contributed by atoms with Gasteiger partial charge in [-0.1, -0.05) is 11.6 Å². The Morgan fingerprint density at radius 3 is 2.96 bits per heavy atom. The van der Waals surface area contributed by atoms with E-state index in [1.165, 1.54) is 24.5 Å². The standard InChI is InChI=1S/C16H14ClN3O3S/c1-22-10-3-4-11(13(9-10)23-2)18-14(21)6-5-12-15(17)19-16-20(12)7-8-24-16/h3-9H,1-2H3,(H,18,21)/b6-5+. The first-order valence-corrected chi connectivity index (χ1v) is 8.20. The monoisotopic (exact) mass is 363 g/mol. The molecular formula is C16H14ClN3O3S. The molecule has 1 N–H and O–H groups in total. The Labute approximate surface area is 147 Å². The maximum atomic E-state index is 12.2. The molecule has 3 rings (SSSR count). The van der Waals surface area contributed by atoms with E-state index in [0.29, 0.717) is 28.0 Å². The van der Waals surface area contributed by atoms with Gasteiger partial charge in [0.25, 0.3) is 0 Å². The van der Waals surface area contributed by atoms with Gasteiger partial charge in [0.2, 0.25) is 5.91 Å². The number of anilines is 1. The minimum absolute atomic E-state index is 0.306. The molecule has 0 saturated carbocycles. The highest BCUT2D eigenvalue weighted by Crippen LogP contribution is 2.29. The predicted molar refractivity (Wildman–Crippen MR) is 95.3 cm³/mol. The van der Waals surface area contributed by atoms with E-state index >= 15 is 0 Å². The van der Waals surface area contributed by atoms with Gasteiger partial charge < -0.3 is 14.8 Å². The third-order valence-corrected chi connectivity index (χ3v) is 4.35. The zero-order chi connectivity index (χ0) is 17.1. The number of methoxy groups -OCH3 is 2. The molecule has 0 bridgehead atoms. The van der Waals surface area contributed by atoms with Gasteiger partial charge in [-0.25, -0.2) is 4.98 Å². The smallest absolute Gasteiger partial charge is 0.248 e. The van der Waals surface area contributed by atoms with Gasteiger partial charge in [-0.15, -0.1) is 11.3 Å². The molecule has 0 aliphatic carbocycles. The number of ether oxygens (including phenoxy) is 2. The van der Waals surface area contributed by atoms with Crippen LogP contribution in [0.3, 0.4) is 0 Å². The number of nitrogens with one attached hydrogen (secondary N) is 1. The lowest BCUT2D eigenvalue weighted by molar-refractivity contribution is -0.111. The second kappa shape index (κ2) is 6.94. The molecule has 124 valence electrons. The van der Waals surface area contributed by atoms with E-state index in [-0.39, 0.29) is 5.91 Å². The maximum Gasteiger partial charge on any atom is 0.248 e. The number of aromatic nitrogens is 2. The SMILES string of the molecule is COc1ccc(NC(=O)/C=C/c2c(Cl)nc3sccn23)c(OC)c1. The van der Waals surface area contributed by atoms with Gasteiger partial charge in [0.15, 0.2) is 10.1 Å². The molecule has 6 nitrogen and oxygen atoms in total. The largest absolute Gasteiger partial charge is 0.497 e. The molecule has 3 aromatic rings. The van der Waals surface area contributed by atoms with E-state index in [4.69, 9.17) is 21.1 Å². The number of imidazole rings is 1. The van der Waals surface area contributed by atoms with Crippen LogP contribution in [0.25, 0.3) is 11.0 Å². The molecule has 2 heterocycles. The second-order valence-electron chi connectivity index (χ2n) is 4.73. The van der Waals surface area contributed by atoms with E-state index in [9.17, 15) is 4.79 Å². The zero-order valence-electron chi connectivity index (χ0n) is 12.9. The second-order valence-corrected chi connectivity index (χ2v) is 5.96. The predicted octanol–water partition coefficient (Wildman–Crippen LogP) is 3.72. The van der Waals surface area contributed by atoms with Gasteiger partial charge >= 0.3 is 0 Å². The van der Waals surface area contributed by atoms with Crippen molar-refractivity contribution in [3.63, 3.8) is 0 Å². The molecule has 0 fully saturated rings. The first kappa shape index (κ1) is 16.4. The van der Waals surface area contributed by atoms with Crippen LogP contribution in [-0.4, -0.2) is 29.5 Å². The van der Waals surface area contributed by atoms with Crippen LogP contribution in [-0.2, 0) is 4.79 Å². The average molecular weight is 364 g/mol. The van der Waals surface area contributed by atoms with Gasteiger partial charge in [0.1, 0.15) is 11.5 Å². The van der Waals surface area contributed by atoms with Crippen LogP contribution in [0.2, 0.25) is 5.15 Å². The Bertz CT molecular complexity index is 917. The molecule has 1 amide bonds. The number of hydrogen-bond acceptors (Lipinski definition) is 5. The number of fused-ring (bicyclic) bond motifs is 1. The summed E-state index contributed by atoms with van der Waals surface area (Å²) in [5.74, 6) is 0.852. The van der Waals surface area contributed by atoms with Crippen LogP contribution < -0.4 is 14.8 Å². The molecule has 0 saturated heterocycles. The van der Waals surface area contributed by atoms with Crippen molar-refractivity contribution in [3.8, 4) is 11.5 Å². The Morgan fingerprint density at radius 2 is 2.21 bits per heavy atom. The highest BCUT2D eigenvalue weighted by molar-refractivity contribution is 7.15. The summed E-state index contributed by atoms with van der Waals surface area (Å²) in [4.78, 5) is 17.1. The lowest BCUT2D eigenvalue weighted by Gasteiger charge is -2.10.